The van der Waals surface area contributed by atoms with E-state index in [0.29, 0.717) is 19.1 Å². The quantitative estimate of drug-likeness (QED) is 0.837. The van der Waals surface area contributed by atoms with Crippen molar-refractivity contribution < 1.29 is 9.53 Å². The van der Waals surface area contributed by atoms with E-state index >= 15 is 0 Å². The van der Waals surface area contributed by atoms with Crippen LogP contribution in [0.2, 0.25) is 0 Å². The van der Waals surface area contributed by atoms with Crippen molar-refractivity contribution in [3.05, 3.63) is 36.8 Å². The molecule has 26 heavy (non-hydrogen) atoms. The average Bonchev–Trinajstić information content (AvgIpc) is 3.13. The molecule has 2 saturated heterocycles. The van der Waals surface area contributed by atoms with Gasteiger partial charge in [0.05, 0.1) is 5.69 Å². The molecule has 2 aromatic heterocycles. The summed E-state index contributed by atoms with van der Waals surface area (Å²) in [6.45, 7) is 3.71. The average molecular weight is 353 g/mol. The van der Waals surface area contributed by atoms with Gasteiger partial charge in [-0.2, -0.15) is 0 Å². The maximum atomic E-state index is 12.6. The monoisotopic (exact) mass is 353 g/mol. The van der Waals surface area contributed by atoms with Gasteiger partial charge in [0.25, 0.3) is 5.91 Å². The van der Waals surface area contributed by atoms with Crippen molar-refractivity contribution in [1.29, 1.82) is 0 Å². The first-order chi connectivity index (χ1) is 12.8. The number of nitrogens with zero attached hydrogens (tertiary/aromatic N) is 5. The fourth-order valence-corrected chi connectivity index (χ4v) is 3.49. The number of ether oxygens (including phenoxy) is 1. The Morgan fingerprint density at radius 2 is 2.08 bits per heavy atom. The van der Waals surface area contributed by atoms with Crippen LogP contribution in [0, 0.1) is 0 Å². The zero-order valence-corrected chi connectivity index (χ0v) is 14.8. The van der Waals surface area contributed by atoms with Crippen molar-refractivity contribution in [3.63, 3.8) is 0 Å². The maximum absolute atomic E-state index is 12.6. The van der Waals surface area contributed by atoms with Crippen LogP contribution < -0.4 is 4.90 Å². The SMILES string of the molecule is O=C([C@H]1CCCO1)N1CCCN(c2nccc(-c3cccnc3)n2)CC1. The molecular formula is C19H23N5O2. The molecule has 0 aromatic carbocycles. The van der Waals surface area contributed by atoms with Crippen LogP contribution in [0.3, 0.4) is 0 Å². The third-order valence-corrected chi connectivity index (χ3v) is 4.90. The third-order valence-electron chi connectivity index (χ3n) is 4.90. The van der Waals surface area contributed by atoms with Gasteiger partial charge in [-0.3, -0.25) is 9.78 Å². The number of hydrogen-bond donors (Lipinski definition) is 0. The van der Waals surface area contributed by atoms with Crippen molar-refractivity contribution in [2.45, 2.75) is 25.4 Å². The zero-order chi connectivity index (χ0) is 17.8. The first-order valence-electron chi connectivity index (χ1n) is 9.20. The first-order valence-corrected chi connectivity index (χ1v) is 9.20. The highest BCUT2D eigenvalue weighted by Gasteiger charge is 2.29. The van der Waals surface area contributed by atoms with Gasteiger partial charge >= 0.3 is 0 Å². The Morgan fingerprint density at radius 1 is 1.12 bits per heavy atom. The molecule has 0 saturated carbocycles. The molecule has 0 unspecified atom stereocenters. The van der Waals surface area contributed by atoms with E-state index < -0.39 is 0 Å². The Balaban J connectivity index is 1.45. The van der Waals surface area contributed by atoms with Crippen LogP contribution >= 0.6 is 0 Å². The van der Waals surface area contributed by atoms with Crippen LogP contribution in [-0.4, -0.2) is 64.6 Å². The second-order valence-corrected chi connectivity index (χ2v) is 6.65. The molecule has 0 aliphatic carbocycles. The summed E-state index contributed by atoms with van der Waals surface area (Å²) in [5.41, 5.74) is 1.83. The van der Waals surface area contributed by atoms with Gasteiger partial charge in [-0.15, -0.1) is 0 Å². The molecule has 0 radical (unpaired) electrons. The van der Waals surface area contributed by atoms with Crippen molar-refractivity contribution in [2.24, 2.45) is 0 Å². The molecule has 2 aliphatic heterocycles. The topological polar surface area (TPSA) is 71.5 Å². The van der Waals surface area contributed by atoms with E-state index in [1.807, 2.05) is 23.1 Å². The number of carbonyl (C=O) groups is 1. The summed E-state index contributed by atoms with van der Waals surface area (Å²) < 4.78 is 5.55. The highest BCUT2D eigenvalue weighted by Crippen LogP contribution is 2.20. The minimum atomic E-state index is -0.244. The molecule has 1 atom stereocenters. The van der Waals surface area contributed by atoms with E-state index in [9.17, 15) is 4.79 Å². The Hall–Kier alpha value is -2.54. The summed E-state index contributed by atoms with van der Waals surface area (Å²) in [6.07, 6.45) is 7.81. The Bertz CT molecular complexity index is 749. The Labute approximate surface area is 153 Å². The van der Waals surface area contributed by atoms with Crippen LogP contribution in [0.1, 0.15) is 19.3 Å². The van der Waals surface area contributed by atoms with E-state index in [4.69, 9.17) is 9.72 Å². The minimum absolute atomic E-state index is 0.134. The van der Waals surface area contributed by atoms with Gasteiger partial charge in [0.15, 0.2) is 0 Å². The van der Waals surface area contributed by atoms with Crippen molar-refractivity contribution >= 4 is 11.9 Å². The summed E-state index contributed by atoms with van der Waals surface area (Å²) >= 11 is 0. The fraction of sp³-hybridized carbons (Fsp3) is 0.474. The molecule has 4 heterocycles. The molecule has 1 amide bonds. The second-order valence-electron chi connectivity index (χ2n) is 6.65. The molecule has 7 heteroatoms. The Morgan fingerprint density at radius 3 is 2.88 bits per heavy atom. The summed E-state index contributed by atoms with van der Waals surface area (Å²) in [5, 5.41) is 0. The fourth-order valence-electron chi connectivity index (χ4n) is 3.49. The molecule has 2 fully saturated rings. The van der Waals surface area contributed by atoms with Crippen molar-refractivity contribution in [3.8, 4) is 11.3 Å². The smallest absolute Gasteiger partial charge is 0.251 e. The molecule has 136 valence electrons. The van der Waals surface area contributed by atoms with Crippen LogP contribution in [0.5, 0.6) is 0 Å². The Kier molecular flexibility index (Phi) is 5.06. The molecule has 2 aromatic rings. The van der Waals surface area contributed by atoms with Crippen LogP contribution in [0.25, 0.3) is 11.3 Å². The van der Waals surface area contributed by atoms with Crippen molar-refractivity contribution in [1.82, 2.24) is 19.9 Å². The summed E-state index contributed by atoms with van der Waals surface area (Å²) in [6, 6.07) is 5.78. The molecule has 7 nitrogen and oxygen atoms in total. The van der Waals surface area contributed by atoms with Crippen molar-refractivity contribution in [2.75, 3.05) is 37.7 Å². The number of rotatable bonds is 3. The third kappa shape index (κ3) is 3.67. The first kappa shape index (κ1) is 16.9. The van der Waals surface area contributed by atoms with Gasteiger partial charge in [-0.1, -0.05) is 0 Å². The number of amides is 1. The standard InChI is InChI=1S/C19H23N5O2/c25-18(17-5-2-13-26-17)23-9-3-10-24(12-11-23)19-21-8-6-16(22-19)15-4-1-7-20-14-15/h1,4,6-8,14,17H,2-3,5,9-13H2/t17-/m1/s1. The van der Waals surface area contributed by atoms with E-state index in [1.54, 1.807) is 18.6 Å². The maximum Gasteiger partial charge on any atom is 0.251 e. The molecule has 0 N–H and O–H groups in total. The van der Waals surface area contributed by atoms with Crippen LogP contribution in [0.4, 0.5) is 5.95 Å². The lowest BCUT2D eigenvalue weighted by atomic mass is 10.2. The predicted octanol–water partition coefficient (Wildman–Crippen LogP) is 1.76. The lowest BCUT2D eigenvalue weighted by Gasteiger charge is -2.24. The lowest BCUT2D eigenvalue weighted by Crippen LogP contribution is -2.41. The highest BCUT2D eigenvalue weighted by atomic mass is 16.5. The number of hydrogen-bond acceptors (Lipinski definition) is 6. The van der Waals surface area contributed by atoms with Gasteiger partial charge < -0.3 is 14.5 Å². The minimum Gasteiger partial charge on any atom is -0.368 e. The largest absolute Gasteiger partial charge is 0.368 e. The highest BCUT2D eigenvalue weighted by molar-refractivity contribution is 5.81. The second kappa shape index (κ2) is 7.78. The molecular weight excluding hydrogens is 330 g/mol. The van der Waals surface area contributed by atoms with E-state index in [0.717, 1.165) is 50.2 Å². The van der Waals surface area contributed by atoms with E-state index in [2.05, 4.69) is 14.9 Å². The van der Waals surface area contributed by atoms with Crippen LogP contribution in [0.15, 0.2) is 36.8 Å². The van der Waals surface area contributed by atoms with Gasteiger partial charge in [0, 0.05) is 56.9 Å². The summed E-state index contributed by atoms with van der Waals surface area (Å²) in [4.78, 5) is 30.0. The number of carbonyl (C=O) groups excluding carboxylic acids is 1. The number of aromatic nitrogens is 3. The zero-order valence-electron chi connectivity index (χ0n) is 14.8. The number of anilines is 1. The lowest BCUT2D eigenvalue weighted by molar-refractivity contribution is -0.140. The van der Waals surface area contributed by atoms with Gasteiger partial charge in [-0.05, 0) is 37.5 Å². The molecule has 2 aliphatic rings. The summed E-state index contributed by atoms with van der Waals surface area (Å²) in [7, 11) is 0. The molecule has 4 rings (SSSR count). The summed E-state index contributed by atoms with van der Waals surface area (Å²) in [5.74, 6) is 0.840. The van der Waals surface area contributed by atoms with E-state index in [1.165, 1.54) is 0 Å². The van der Waals surface area contributed by atoms with E-state index in [-0.39, 0.29) is 12.0 Å². The molecule has 0 bridgehead atoms. The number of pyridine rings is 1. The van der Waals surface area contributed by atoms with Gasteiger partial charge in [0.1, 0.15) is 6.10 Å². The normalized spacial score (nSPS) is 20.8. The molecule has 0 spiro atoms. The van der Waals surface area contributed by atoms with Gasteiger partial charge in [-0.25, -0.2) is 9.97 Å². The predicted molar refractivity (Wildman–Crippen MR) is 97.6 cm³/mol. The van der Waals surface area contributed by atoms with Gasteiger partial charge in [0.2, 0.25) is 5.95 Å². The van der Waals surface area contributed by atoms with Crippen LogP contribution in [-0.2, 0) is 9.53 Å².